The second kappa shape index (κ2) is 37.2. The third-order valence-corrected chi connectivity index (χ3v) is 21.7. The number of aryl methyl sites for hydroxylation is 3. The zero-order valence-electron chi connectivity index (χ0n) is 53.0. The molecule has 3 aromatic carbocycles. The van der Waals surface area contributed by atoms with Gasteiger partial charge in [-0.25, -0.2) is 27.6 Å². The van der Waals surface area contributed by atoms with Gasteiger partial charge in [-0.3, -0.25) is 15.0 Å². The summed E-state index contributed by atoms with van der Waals surface area (Å²) in [5.41, 5.74) is 11.1. The first-order valence-corrected chi connectivity index (χ1v) is 37.4. The van der Waals surface area contributed by atoms with Crippen molar-refractivity contribution in [1.29, 1.82) is 0 Å². The fourth-order valence-corrected chi connectivity index (χ4v) is 16.7. The number of thiazole rings is 3. The van der Waals surface area contributed by atoms with Crippen LogP contribution in [0.5, 0.6) is 17.2 Å². The number of hydrogen-bond donors (Lipinski definition) is 0. The van der Waals surface area contributed by atoms with E-state index < -0.39 is 29.2 Å². The molecule has 0 saturated heterocycles. The fourth-order valence-electron chi connectivity index (χ4n) is 8.52. The van der Waals surface area contributed by atoms with Crippen molar-refractivity contribution in [2.45, 2.75) is 117 Å². The molecule has 6 aromatic heterocycles. The van der Waals surface area contributed by atoms with Crippen molar-refractivity contribution < 1.29 is 45.7 Å². The Morgan fingerprint density at radius 2 is 0.809 bits per heavy atom. The Kier molecular flexibility index (Phi) is 31.5. The number of pyridine rings is 3. The Hall–Kier alpha value is -6.15. The van der Waals surface area contributed by atoms with Gasteiger partial charge in [-0.2, -0.15) is 19.5 Å². The van der Waals surface area contributed by atoms with Crippen molar-refractivity contribution in [3.05, 3.63) is 185 Å². The van der Waals surface area contributed by atoms with E-state index in [1.165, 1.54) is 40.4 Å². The van der Waals surface area contributed by atoms with E-state index in [1.54, 1.807) is 46.3 Å². The third-order valence-electron chi connectivity index (χ3n) is 13.5. The summed E-state index contributed by atoms with van der Waals surface area (Å²) in [6, 6.07) is 34.9. The van der Waals surface area contributed by atoms with E-state index in [9.17, 15) is 12.6 Å². The van der Waals surface area contributed by atoms with Gasteiger partial charge in [0.15, 0.2) is 0 Å². The Balaban J connectivity index is 0.000000274. The minimum atomic E-state index is -2.53. The van der Waals surface area contributed by atoms with Gasteiger partial charge in [-0.05, 0) is 141 Å². The molecule has 9 aromatic rings. The molecule has 0 aliphatic rings. The second-order valence-corrected chi connectivity index (χ2v) is 30.6. The zero-order chi connectivity index (χ0) is 63.0. The van der Waals surface area contributed by atoms with Crippen LogP contribution in [0.25, 0.3) is 33.8 Å². The zero-order valence-corrected chi connectivity index (χ0v) is 57.9. The molecule has 5 atom stereocenters. The van der Waals surface area contributed by atoms with Gasteiger partial charge in [0, 0.05) is 87.3 Å². The Bertz CT molecular complexity index is 3750. The molecule has 0 radical (unpaired) electrons. The van der Waals surface area contributed by atoms with Crippen molar-refractivity contribution in [3.8, 4) is 51.0 Å². The van der Waals surface area contributed by atoms with E-state index in [4.69, 9.17) is 14.2 Å². The summed E-state index contributed by atoms with van der Waals surface area (Å²) in [5, 5.41) is 7.11. The first-order chi connectivity index (χ1) is 41.7. The molecule has 472 valence electrons. The van der Waals surface area contributed by atoms with E-state index >= 15 is 0 Å². The van der Waals surface area contributed by atoms with Crippen LogP contribution in [-0.2, 0) is 34.9 Å². The predicted octanol–water partition coefficient (Wildman–Crippen LogP) is 16.1. The molecule has 5 unspecified atom stereocenters. The van der Waals surface area contributed by atoms with Crippen molar-refractivity contribution in [2.24, 2.45) is 13.1 Å². The Morgan fingerprint density at radius 1 is 0.483 bits per heavy atom. The molecule has 0 aliphatic carbocycles. The normalized spacial score (nSPS) is 13.3. The molecule has 0 aliphatic heterocycles. The van der Waals surface area contributed by atoms with Crippen molar-refractivity contribution in [3.63, 3.8) is 0 Å². The molecule has 15 nitrogen and oxygen atoms in total. The van der Waals surface area contributed by atoms with Crippen LogP contribution < -0.4 is 33.1 Å². The van der Waals surface area contributed by atoms with Gasteiger partial charge in [0.2, 0.25) is 15.4 Å². The fraction of sp³-hybridized carbons (Fsp3) is 0.358. The molecule has 89 heavy (non-hydrogen) atoms. The van der Waals surface area contributed by atoms with E-state index in [0.29, 0.717) is 21.1 Å². The van der Waals surface area contributed by atoms with Gasteiger partial charge in [-0.1, -0.05) is 78.5 Å². The minimum Gasteiger partial charge on any atom is -0.497 e. The van der Waals surface area contributed by atoms with Crippen LogP contribution in [0.4, 0.5) is 15.4 Å². The second-order valence-electron chi connectivity index (χ2n) is 20.7. The van der Waals surface area contributed by atoms with Gasteiger partial charge in [0.1, 0.15) is 17.2 Å². The van der Waals surface area contributed by atoms with Crippen LogP contribution in [0.2, 0.25) is 0 Å². The monoisotopic (exact) mass is 1310 g/mol. The maximum atomic E-state index is 13.6. The summed E-state index contributed by atoms with van der Waals surface area (Å²) >= 11 is 4.22. The summed E-state index contributed by atoms with van der Waals surface area (Å²) in [5.74, 6) is 2.76. The molecular weight excluding hydrogens is 1230 g/mol. The Morgan fingerprint density at radius 3 is 1.09 bits per heavy atom. The number of aromatic nitrogens is 6. The average molecular weight is 1310 g/mol. The quantitative estimate of drug-likeness (QED) is 0.0461. The molecule has 0 N–H and O–H groups in total. The van der Waals surface area contributed by atoms with E-state index in [-0.39, 0.29) is 36.8 Å². The summed E-state index contributed by atoms with van der Waals surface area (Å²) in [6.45, 7) is 15.8. The smallest absolute Gasteiger partial charge is 0.497 e. The van der Waals surface area contributed by atoms with E-state index in [2.05, 4.69) is 70.7 Å². The molecule has 0 amide bonds. The molecule has 6 heterocycles. The molecule has 22 heteroatoms. The molecule has 0 fully saturated rings. The number of ether oxygens (including phenoxy) is 3. The summed E-state index contributed by atoms with van der Waals surface area (Å²) in [7, 11) is -2.55. The van der Waals surface area contributed by atoms with Crippen LogP contribution in [0.3, 0.4) is 0 Å². The number of methoxy groups -OCH3 is 3. The van der Waals surface area contributed by atoms with Crippen LogP contribution in [-0.4, -0.2) is 82.6 Å². The Labute approximate surface area is 555 Å². The molecule has 0 saturated carbocycles. The number of hydrogen-bond acceptors (Lipinski definition) is 18. The van der Waals surface area contributed by atoms with Crippen LogP contribution in [0.1, 0.15) is 124 Å². The summed E-state index contributed by atoms with van der Waals surface area (Å²) in [6.07, 6.45) is 18.5. The molecular formula is C67H86LiN9O6S6. The molecule has 9 rings (SSSR count). The van der Waals surface area contributed by atoms with Crippen LogP contribution in [0, 0.1) is 27.7 Å². The molecule has 0 bridgehead atoms. The largest absolute Gasteiger partial charge is 1.00 e. The van der Waals surface area contributed by atoms with Crippen LogP contribution >= 0.6 is 34.0 Å². The number of benzene rings is 3. The van der Waals surface area contributed by atoms with Crippen molar-refractivity contribution in [1.82, 2.24) is 29.9 Å². The summed E-state index contributed by atoms with van der Waals surface area (Å²) < 4.78 is 69.2. The first kappa shape index (κ1) is 75.3. The topological polar surface area (TPSA) is 193 Å². The predicted molar refractivity (Wildman–Crippen MR) is 373 cm³/mol. The standard InChI is InChI=1S/2C22H27N3O2S2.C18H19N3O2S2.C4H9.CH4.Li/c2*1-5-6-7-21(18-9-8-16(2)23-14-18)29(4,26)25-22-24-20(15-28-22)17-10-12-19(27-3)13-11-17;1-13-4-5-14(10-19-13)12-25(3,22)21-18-20-17(11-24-18)15-6-8-16(23-2)9-7-15;1-3-4-2;;/h2*8-15,21H,5-7H2,1-4H3;4-11H,12H2,1-3H3;1,3-4H2,2H3;1H4;/q;;;-1;;+1. The SMILES string of the molecule is C.CCCCC(c1ccc(C)nc1)S(C)(=O)=Nc1nc(-c2ccc(OC)cc2)cs1.CCCCC(c1ccc(C)nc1)S(C)(=O)=Nc1nc(-c2ccc(OC)cc2)cs1.COc1ccc(-c2csc(N=S(C)(=O)Cc3ccc(C)nc3)n2)cc1.[CH2-]CCC.[Li+]. The average Bonchev–Trinajstić information content (AvgIpc) is 3.92. The molecule has 0 spiro atoms. The van der Waals surface area contributed by atoms with Crippen molar-refractivity contribution >= 4 is 78.6 Å². The van der Waals surface area contributed by atoms with Gasteiger partial charge in [0.05, 0.1) is 83.9 Å². The maximum Gasteiger partial charge on any atom is 1.00 e. The third kappa shape index (κ3) is 23.9. The van der Waals surface area contributed by atoms with Gasteiger partial charge >= 0.3 is 18.9 Å². The minimum absolute atomic E-state index is 0. The maximum absolute atomic E-state index is 13.6. The van der Waals surface area contributed by atoms with Crippen LogP contribution in [0.15, 0.2) is 157 Å². The van der Waals surface area contributed by atoms with E-state index in [1.807, 2.05) is 158 Å². The van der Waals surface area contributed by atoms with Gasteiger partial charge in [-0.15, -0.1) is 34.0 Å². The first-order valence-electron chi connectivity index (χ1n) is 28.7. The van der Waals surface area contributed by atoms with E-state index in [0.717, 1.165) is 130 Å². The van der Waals surface area contributed by atoms with Crippen molar-refractivity contribution in [2.75, 3.05) is 40.1 Å². The number of rotatable bonds is 22. The number of unbranched alkanes of at least 4 members (excludes halogenated alkanes) is 3. The van der Waals surface area contributed by atoms with Gasteiger partial charge < -0.3 is 21.1 Å². The van der Waals surface area contributed by atoms with Gasteiger partial charge in [0.25, 0.3) is 0 Å². The number of nitrogens with zero attached hydrogens (tertiary/aromatic N) is 9. The summed E-state index contributed by atoms with van der Waals surface area (Å²) in [4.78, 5) is 26.7.